The minimum atomic E-state index is -1.27. The molecule has 0 radical (unpaired) electrons. The summed E-state index contributed by atoms with van der Waals surface area (Å²) in [6, 6.07) is 27.7. The summed E-state index contributed by atoms with van der Waals surface area (Å²) in [5.41, 5.74) is 0.0378. The summed E-state index contributed by atoms with van der Waals surface area (Å²) < 4.78 is 6.67. The minimum Gasteiger partial charge on any atom is -0.504 e. The number of carboxylic acids is 2. The lowest BCUT2D eigenvalue weighted by molar-refractivity contribution is 0.0685. The fourth-order valence-electron chi connectivity index (χ4n) is 4.56. The van der Waals surface area contributed by atoms with Crippen LogP contribution in [0.3, 0.4) is 0 Å². The van der Waals surface area contributed by atoms with Crippen LogP contribution in [0.4, 0.5) is 0 Å². The largest absolute Gasteiger partial charge is 0.504 e. The third-order valence-electron chi connectivity index (χ3n) is 6.51. The van der Waals surface area contributed by atoms with Crippen LogP contribution in [-0.4, -0.2) is 27.3 Å². The van der Waals surface area contributed by atoms with Gasteiger partial charge >= 0.3 is 11.9 Å². The number of hydrogen-bond donors (Lipinski definition) is 3. The Morgan fingerprint density at radius 3 is 1.81 bits per heavy atom. The standard InChI is InChI=1S/C30H22O6/c1-30(20-15-13-18(14-16-20)28(32)33,21-8-6-7-19(17-21)29(34)35)36-27-25-12-5-3-10-23(25)22-9-2-4-11-24(22)26(27)31/h2-17,31H,1H3,(H,32,33)(H,34,35). The van der Waals surface area contributed by atoms with Gasteiger partial charge in [0.05, 0.1) is 11.1 Å². The summed E-state index contributed by atoms with van der Waals surface area (Å²) in [6.07, 6.45) is 0. The van der Waals surface area contributed by atoms with Gasteiger partial charge in [0.2, 0.25) is 0 Å². The highest BCUT2D eigenvalue weighted by molar-refractivity contribution is 6.13. The predicted octanol–water partition coefficient (Wildman–Crippen LogP) is 6.44. The molecule has 0 spiro atoms. The fourth-order valence-corrected chi connectivity index (χ4v) is 4.56. The zero-order chi connectivity index (χ0) is 25.4. The summed E-state index contributed by atoms with van der Waals surface area (Å²) in [4.78, 5) is 23.2. The van der Waals surface area contributed by atoms with Crippen LogP contribution in [0.25, 0.3) is 21.5 Å². The molecule has 0 aliphatic heterocycles. The lowest BCUT2D eigenvalue weighted by atomic mass is 9.86. The summed E-state index contributed by atoms with van der Waals surface area (Å²) in [6.45, 7) is 1.77. The number of aromatic carboxylic acids is 2. The van der Waals surface area contributed by atoms with Crippen LogP contribution in [0, 0.1) is 0 Å². The van der Waals surface area contributed by atoms with Gasteiger partial charge in [-0.15, -0.1) is 0 Å². The predicted molar refractivity (Wildman–Crippen MR) is 137 cm³/mol. The molecule has 0 aliphatic rings. The Labute approximate surface area is 206 Å². The molecule has 1 unspecified atom stereocenters. The molecule has 0 bridgehead atoms. The van der Waals surface area contributed by atoms with Crippen LogP contribution < -0.4 is 4.74 Å². The molecule has 5 rings (SSSR count). The summed E-state index contributed by atoms with van der Waals surface area (Å²) >= 11 is 0. The van der Waals surface area contributed by atoms with Crippen LogP contribution in [0.1, 0.15) is 38.8 Å². The quantitative estimate of drug-likeness (QED) is 0.243. The second kappa shape index (κ2) is 8.74. The number of fused-ring (bicyclic) bond motifs is 3. The summed E-state index contributed by atoms with van der Waals surface area (Å²) in [5, 5.41) is 33.4. The first-order chi connectivity index (χ1) is 17.3. The normalized spacial score (nSPS) is 12.8. The van der Waals surface area contributed by atoms with Crippen LogP contribution in [0.5, 0.6) is 11.5 Å². The highest BCUT2D eigenvalue weighted by Gasteiger charge is 2.34. The molecule has 178 valence electrons. The SMILES string of the molecule is CC(Oc1c(O)c2ccccc2c2ccccc12)(c1ccc(C(=O)O)cc1)c1cccc(C(=O)O)c1. The Morgan fingerprint density at radius 1 is 0.639 bits per heavy atom. The number of phenolic OH excluding ortho intramolecular Hbond substituents is 1. The second-order valence-electron chi connectivity index (χ2n) is 8.67. The van der Waals surface area contributed by atoms with Crippen molar-refractivity contribution in [2.45, 2.75) is 12.5 Å². The van der Waals surface area contributed by atoms with Crippen molar-refractivity contribution in [2.75, 3.05) is 0 Å². The summed E-state index contributed by atoms with van der Waals surface area (Å²) in [7, 11) is 0. The van der Waals surface area contributed by atoms with Gasteiger partial charge in [-0.1, -0.05) is 72.8 Å². The van der Waals surface area contributed by atoms with E-state index >= 15 is 0 Å². The summed E-state index contributed by atoms with van der Waals surface area (Å²) in [5.74, 6) is -1.93. The smallest absolute Gasteiger partial charge is 0.335 e. The lowest BCUT2D eigenvalue weighted by Crippen LogP contribution is -2.31. The van der Waals surface area contributed by atoms with Gasteiger partial charge in [0.15, 0.2) is 17.1 Å². The third kappa shape index (κ3) is 3.79. The fraction of sp³-hybridized carbons (Fsp3) is 0.0667. The van der Waals surface area contributed by atoms with E-state index in [4.69, 9.17) is 4.74 Å². The molecule has 0 aliphatic carbocycles. The second-order valence-corrected chi connectivity index (χ2v) is 8.67. The number of carboxylic acid groups (broad SMARTS) is 2. The molecule has 5 aromatic carbocycles. The molecular formula is C30H22O6. The van der Waals surface area contributed by atoms with Gasteiger partial charge in [0.25, 0.3) is 0 Å². The van der Waals surface area contributed by atoms with Gasteiger partial charge in [-0.05, 0) is 47.5 Å². The Morgan fingerprint density at radius 2 is 1.19 bits per heavy atom. The van der Waals surface area contributed by atoms with Crippen LogP contribution in [0.2, 0.25) is 0 Å². The number of aromatic hydroxyl groups is 1. The van der Waals surface area contributed by atoms with E-state index in [1.54, 1.807) is 31.2 Å². The van der Waals surface area contributed by atoms with Crippen molar-refractivity contribution in [3.05, 3.63) is 119 Å². The third-order valence-corrected chi connectivity index (χ3v) is 6.51. The van der Waals surface area contributed by atoms with E-state index in [1.165, 1.54) is 24.3 Å². The molecule has 1 atom stereocenters. The first-order valence-corrected chi connectivity index (χ1v) is 11.3. The van der Waals surface area contributed by atoms with Gasteiger partial charge in [-0.2, -0.15) is 0 Å². The van der Waals surface area contributed by atoms with E-state index in [1.807, 2.05) is 48.5 Å². The van der Waals surface area contributed by atoms with E-state index in [0.29, 0.717) is 21.9 Å². The van der Waals surface area contributed by atoms with Crippen molar-refractivity contribution in [3.63, 3.8) is 0 Å². The maximum absolute atomic E-state index is 11.7. The average Bonchev–Trinajstić information content (AvgIpc) is 2.91. The number of carbonyl (C=O) groups is 2. The van der Waals surface area contributed by atoms with Crippen LogP contribution in [-0.2, 0) is 5.60 Å². The maximum Gasteiger partial charge on any atom is 0.335 e. The Bertz CT molecular complexity index is 1640. The van der Waals surface area contributed by atoms with Crippen LogP contribution >= 0.6 is 0 Å². The topological polar surface area (TPSA) is 104 Å². The van der Waals surface area contributed by atoms with E-state index in [9.17, 15) is 24.9 Å². The van der Waals surface area contributed by atoms with Gasteiger partial charge in [0, 0.05) is 16.3 Å². The Balaban J connectivity index is 1.78. The Kier molecular flexibility index (Phi) is 5.57. The zero-order valence-corrected chi connectivity index (χ0v) is 19.3. The van der Waals surface area contributed by atoms with E-state index in [-0.39, 0.29) is 22.6 Å². The van der Waals surface area contributed by atoms with Gasteiger partial charge in [-0.25, -0.2) is 9.59 Å². The van der Waals surface area contributed by atoms with E-state index < -0.39 is 17.5 Å². The lowest BCUT2D eigenvalue weighted by Gasteiger charge is -2.33. The van der Waals surface area contributed by atoms with Crippen molar-refractivity contribution >= 4 is 33.5 Å². The van der Waals surface area contributed by atoms with Crippen molar-refractivity contribution in [2.24, 2.45) is 0 Å². The van der Waals surface area contributed by atoms with E-state index in [2.05, 4.69) is 0 Å². The van der Waals surface area contributed by atoms with E-state index in [0.717, 1.165) is 10.8 Å². The Hall–Kier alpha value is -4.84. The molecule has 3 N–H and O–H groups in total. The number of hydrogen-bond acceptors (Lipinski definition) is 4. The van der Waals surface area contributed by atoms with Gasteiger partial charge < -0.3 is 20.1 Å². The molecule has 0 aromatic heterocycles. The average molecular weight is 479 g/mol. The molecule has 0 saturated carbocycles. The minimum absolute atomic E-state index is 0.0351. The van der Waals surface area contributed by atoms with Gasteiger partial charge in [-0.3, -0.25) is 0 Å². The molecular weight excluding hydrogens is 456 g/mol. The molecule has 5 aromatic rings. The first kappa shape index (κ1) is 22.9. The first-order valence-electron chi connectivity index (χ1n) is 11.3. The van der Waals surface area contributed by atoms with Crippen molar-refractivity contribution in [1.82, 2.24) is 0 Å². The monoisotopic (exact) mass is 478 g/mol. The number of rotatable bonds is 6. The molecule has 0 heterocycles. The van der Waals surface area contributed by atoms with Crippen molar-refractivity contribution in [3.8, 4) is 11.5 Å². The molecule has 6 heteroatoms. The van der Waals surface area contributed by atoms with Crippen molar-refractivity contribution < 1.29 is 29.6 Å². The van der Waals surface area contributed by atoms with Crippen LogP contribution in [0.15, 0.2) is 97.1 Å². The molecule has 36 heavy (non-hydrogen) atoms. The number of ether oxygens (including phenoxy) is 1. The zero-order valence-electron chi connectivity index (χ0n) is 19.3. The molecule has 0 amide bonds. The molecule has 6 nitrogen and oxygen atoms in total. The van der Waals surface area contributed by atoms with Gasteiger partial charge in [0.1, 0.15) is 0 Å². The number of benzene rings is 5. The maximum atomic E-state index is 11.7. The highest BCUT2D eigenvalue weighted by atomic mass is 16.5. The van der Waals surface area contributed by atoms with Crippen molar-refractivity contribution in [1.29, 1.82) is 0 Å². The molecule has 0 saturated heterocycles. The molecule has 0 fully saturated rings. The number of phenols is 1. The highest BCUT2D eigenvalue weighted by Crippen LogP contribution is 2.47.